The predicted octanol–water partition coefficient (Wildman–Crippen LogP) is 7.06. The second kappa shape index (κ2) is 33.1. The number of quaternary nitrogens is 1. The molecule has 0 spiro atoms. The number of nitrogens with two attached hydrogens (primary N) is 1. The van der Waals surface area contributed by atoms with E-state index in [1.54, 1.807) is 0 Å². The molecular formula is C38H54ClF2N3O+2. The first-order valence-corrected chi connectivity index (χ1v) is 15.8. The number of H-pyrrole nitrogens is 1. The number of nitrogens with zero attached hydrogens (tertiary/aromatic N) is 1. The third-order valence-electron chi connectivity index (χ3n) is 6.93. The highest BCUT2D eigenvalue weighted by atomic mass is 35.5. The molecule has 1 amide bonds. The Labute approximate surface area is 278 Å². The third-order valence-corrected chi connectivity index (χ3v) is 7.15. The van der Waals surface area contributed by atoms with Gasteiger partial charge in [0.1, 0.15) is 0 Å². The normalized spacial score (nSPS) is 16.8. The minimum absolute atomic E-state index is 0.118. The molecule has 3 aliphatic rings. The predicted molar refractivity (Wildman–Crippen MR) is 187 cm³/mol. The molecule has 0 bridgehead atoms. The van der Waals surface area contributed by atoms with E-state index in [1.807, 2.05) is 47.4 Å². The molecular weight excluding hydrogens is 588 g/mol. The SMILES string of the molecule is C#C.C#C.C#C.C#C.CCCc1[nH+]c(Cl)ccc1[C@H]1CC[NH2+]C1.FC1(F)CCCCC1.O=CN1CCCCC1.c1ccccc1. The number of pyridine rings is 1. The number of aryl methyl sites for hydroxylation is 1. The summed E-state index contributed by atoms with van der Waals surface area (Å²) in [6, 6.07) is 16.2. The number of hydrogen-bond acceptors (Lipinski definition) is 1. The number of carbonyl (C=O) groups excluding carboxylic acids is 1. The second-order valence-corrected chi connectivity index (χ2v) is 10.5. The number of terminal acetylenes is 4. The lowest BCUT2D eigenvalue weighted by Crippen LogP contribution is -2.81. The van der Waals surface area contributed by atoms with Crippen molar-refractivity contribution in [3.8, 4) is 51.4 Å². The summed E-state index contributed by atoms with van der Waals surface area (Å²) in [4.78, 5) is 15.2. The number of carbonyl (C=O) groups is 1. The number of amides is 1. The Morgan fingerprint density at radius 3 is 1.71 bits per heavy atom. The quantitative estimate of drug-likeness (QED) is 0.217. The van der Waals surface area contributed by atoms with Crippen molar-refractivity contribution in [2.75, 3.05) is 26.2 Å². The summed E-state index contributed by atoms with van der Waals surface area (Å²) < 4.78 is 24.4. The minimum Gasteiger partial charge on any atom is -0.346 e. The molecule has 2 saturated heterocycles. The number of aromatic nitrogens is 1. The molecule has 3 heterocycles. The fourth-order valence-corrected chi connectivity index (χ4v) is 5.05. The summed E-state index contributed by atoms with van der Waals surface area (Å²) in [6.07, 6.45) is 42.9. The van der Waals surface area contributed by atoms with Crippen LogP contribution in [0, 0.1) is 51.4 Å². The number of hydrogen-bond donors (Lipinski definition) is 1. The maximum atomic E-state index is 12.2. The molecule has 0 radical (unpaired) electrons. The van der Waals surface area contributed by atoms with Crippen molar-refractivity contribution in [1.29, 1.82) is 0 Å². The van der Waals surface area contributed by atoms with Crippen LogP contribution in [0.4, 0.5) is 8.78 Å². The fraction of sp³-hybridized carbons (Fsp3) is 0.474. The van der Waals surface area contributed by atoms with Gasteiger partial charge >= 0.3 is 0 Å². The summed E-state index contributed by atoms with van der Waals surface area (Å²) in [7, 11) is 0. The van der Waals surface area contributed by atoms with Crippen molar-refractivity contribution in [3.63, 3.8) is 0 Å². The van der Waals surface area contributed by atoms with Gasteiger partial charge in [-0.15, -0.1) is 51.4 Å². The molecule has 0 unspecified atom stereocenters. The van der Waals surface area contributed by atoms with Gasteiger partial charge in [-0.05, 0) is 56.2 Å². The van der Waals surface area contributed by atoms with Crippen LogP contribution >= 0.6 is 11.6 Å². The zero-order chi connectivity index (χ0) is 34.8. The van der Waals surface area contributed by atoms with Crippen LogP contribution in [-0.2, 0) is 11.2 Å². The largest absolute Gasteiger partial charge is 0.346 e. The van der Waals surface area contributed by atoms with Crippen molar-refractivity contribution in [3.05, 3.63) is 64.9 Å². The number of nitrogens with one attached hydrogen (secondary N) is 1. The standard InChI is InChI=1S/C12H17ClN2.C6H10F2.C6H11NO.C6H6.4C2H2/c1-2-3-11-10(4-5-12(13)15-11)9-6-7-14-8-9;7-6(8)4-2-1-3-5-6;8-6-7-4-2-1-3-5-7;1-2-4-6-5-3-1;4*1-2/h4-5,9,14H,2-3,6-8H2,1H3;1-5H2;6H,1-5H2;1-6H;4*1-2H/p+2/t9-;;;;;;;/m0......./s1. The lowest BCUT2D eigenvalue weighted by Gasteiger charge is -2.21. The molecule has 45 heavy (non-hydrogen) atoms. The first-order chi connectivity index (χ1) is 21.9. The zero-order valence-corrected chi connectivity index (χ0v) is 27.8. The molecule has 3 N–H and O–H groups in total. The van der Waals surface area contributed by atoms with E-state index in [9.17, 15) is 13.6 Å². The summed E-state index contributed by atoms with van der Waals surface area (Å²) in [6.45, 7) is 6.65. The zero-order valence-electron chi connectivity index (χ0n) is 27.1. The maximum absolute atomic E-state index is 12.2. The molecule has 1 saturated carbocycles. The first-order valence-electron chi connectivity index (χ1n) is 15.4. The van der Waals surface area contributed by atoms with Gasteiger partial charge in [-0.3, -0.25) is 4.79 Å². The van der Waals surface area contributed by atoms with Gasteiger partial charge in [0.05, 0.1) is 13.1 Å². The highest BCUT2D eigenvalue weighted by molar-refractivity contribution is 6.28. The molecule has 246 valence electrons. The smallest absolute Gasteiger partial charge is 0.273 e. The van der Waals surface area contributed by atoms with Gasteiger partial charge in [0.15, 0.2) is 5.69 Å². The highest BCUT2D eigenvalue weighted by Gasteiger charge is 2.30. The van der Waals surface area contributed by atoms with E-state index in [1.165, 1.54) is 56.5 Å². The molecule has 5 rings (SSSR count). The Bertz CT molecular complexity index is 967. The van der Waals surface area contributed by atoms with Gasteiger partial charge in [-0.25, -0.2) is 8.78 Å². The van der Waals surface area contributed by atoms with Gasteiger partial charge in [-0.1, -0.05) is 49.7 Å². The number of aromatic amines is 1. The minimum atomic E-state index is -2.32. The molecule has 3 fully saturated rings. The summed E-state index contributed by atoms with van der Waals surface area (Å²) in [5, 5.41) is 3.15. The summed E-state index contributed by atoms with van der Waals surface area (Å²) in [5.74, 6) is -1.60. The molecule has 1 atom stereocenters. The van der Waals surface area contributed by atoms with Crippen LogP contribution in [0.25, 0.3) is 0 Å². The fourth-order valence-electron chi connectivity index (χ4n) is 4.88. The van der Waals surface area contributed by atoms with Crippen LogP contribution < -0.4 is 10.3 Å². The van der Waals surface area contributed by atoms with Gasteiger partial charge in [0.25, 0.3) is 5.15 Å². The van der Waals surface area contributed by atoms with Crippen molar-refractivity contribution in [2.45, 2.75) is 89.4 Å². The second-order valence-electron chi connectivity index (χ2n) is 10.1. The number of likely N-dealkylation sites (tertiary alicyclic amines) is 1. The van der Waals surface area contributed by atoms with E-state index < -0.39 is 5.92 Å². The molecule has 2 aromatic rings. The van der Waals surface area contributed by atoms with Gasteiger partial charge < -0.3 is 10.2 Å². The van der Waals surface area contributed by atoms with Gasteiger partial charge in [0.2, 0.25) is 12.3 Å². The van der Waals surface area contributed by atoms with Crippen LogP contribution in [0.1, 0.15) is 88.3 Å². The molecule has 1 aliphatic carbocycles. The molecule has 7 heteroatoms. The lowest BCUT2D eigenvalue weighted by atomic mass is 9.95. The lowest BCUT2D eigenvalue weighted by molar-refractivity contribution is -0.636. The third kappa shape index (κ3) is 24.2. The van der Waals surface area contributed by atoms with Gasteiger partial charge in [0, 0.05) is 56.3 Å². The summed E-state index contributed by atoms with van der Waals surface area (Å²) in [5.41, 5.74) is 2.82. The number of halogens is 3. The molecule has 1 aromatic heterocycles. The first kappa shape index (κ1) is 45.6. The monoisotopic (exact) mass is 641 g/mol. The molecule has 1 aromatic carbocycles. The van der Waals surface area contributed by atoms with E-state index in [0.717, 1.165) is 43.4 Å². The van der Waals surface area contributed by atoms with Gasteiger partial charge in [-0.2, -0.15) is 4.98 Å². The summed E-state index contributed by atoms with van der Waals surface area (Å²) >= 11 is 6.00. The van der Waals surface area contributed by atoms with E-state index in [2.05, 4.69) is 74.7 Å². The van der Waals surface area contributed by atoms with Crippen LogP contribution in [0.15, 0.2) is 48.5 Å². The average molecular weight is 642 g/mol. The average Bonchev–Trinajstić information content (AvgIpc) is 3.66. The van der Waals surface area contributed by atoms with Crippen LogP contribution in [0.3, 0.4) is 0 Å². The Hall–Kier alpha value is -3.81. The van der Waals surface area contributed by atoms with Crippen LogP contribution in [0.2, 0.25) is 5.15 Å². The molecule has 4 nitrogen and oxygen atoms in total. The Morgan fingerprint density at radius 1 is 0.867 bits per heavy atom. The highest BCUT2D eigenvalue weighted by Crippen LogP contribution is 2.32. The van der Waals surface area contributed by atoms with Crippen LogP contribution in [0.5, 0.6) is 0 Å². The van der Waals surface area contributed by atoms with E-state index >= 15 is 0 Å². The number of benzene rings is 1. The van der Waals surface area contributed by atoms with E-state index in [4.69, 9.17) is 11.6 Å². The van der Waals surface area contributed by atoms with E-state index in [-0.39, 0.29) is 12.8 Å². The van der Waals surface area contributed by atoms with Crippen molar-refractivity contribution >= 4 is 18.0 Å². The number of piperidine rings is 1. The molecule has 2 aliphatic heterocycles. The number of rotatable bonds is 4. The Balaban J connectivity index is -0.000000509. The van der Waals surface area contributed by atoms with Crippen LogP contribution in [-0.4, -0.2) is 43.4 Å². The van der Waals surface area contributed by atoms with Crippen molar-refractivity contribution in [1.82, 2.24) is 4.90 Å². The topological polar surface area (TPSA) is 51.1 Å². The Morgan fingerprint density at radius 2 is 1.36 bits per heavy atom. The van der Waals surface area contributed by atoms with Crippen molar-refractivity contribution in [2.24, 2.45) is 0 Å². The van der Waals surface area contributed by atoms with Crippen molar-refractivity contribution < 1.29 is 23.9 Å². The number of alkyl halides is 2. The van der Waals surface area contributed by atoms with E-state index in [0.29, 0.717) is 12.8 Å². The maximum Gasteiger partial charge on any atom is 0.273 e. The Kier molecular flexibility index (Phi) is 33.5.